The van der Waals surface area contributed by atoms with Gasteiger partial charge in [0.1, 0.15) is 10.1 Å². The number of carbonyl (C=O) groups is 1. The van der Waals surface area contributed by atoms with Crippen LogP contribution in [0.4, 0.5) is 0 Å². The lowest BCUT2D eigenvalue weighted by atomic mass is 9.99. The summed E-state index contributed by atoms with van der Waals surface area (Å²) in [7, 11) is 0.379. The van der Waals surface area contributed by atoms with Crippen molar-refractivity contribution in [2.45, 2.75) is 29.3 Å². The zero-order chi connectivity index (χ0) is 8.43. The monoisotopic (exact) mass is 237 g/mol. The molecule has 1 fully saturated rings. The van der Waals surface area contributed by atoms with E-state index < -0.39 is 0 Å². The largest absolute Gasteiger partial charge is 0.298 e. The van der Waals surface area contributed by atoms with Crippen molar-refractivity contribution >= 4 is 32.6 Å². The minimum atomic E-state index is 0.148. The molecule has 1 aliphatic carbocycles. The second-order valence-electron chi connectivity index (χ2n) is 3.18. The molecule has 0 aromatic heterocycles. The van der Waals surface area contributed by atoms with Crippen molar-refractivity contribution < 1.29 is 4.79 Å². The predicted octanol–water partition coefficient (Wildman–Crippen LogP) is 1.75. The van der Waals surface area contributed by atoms with Crippen LogP contribution >= 0.6 is 15.9 Å². The molecular weight excluding hydrogens is 224 g/mol. The van der Waals surface area contributed by atoms with Gasteiger partial charge in [-0.15, -0.1) is 0 Å². The Morgan fingerprint density at radius 3 is 2.64 bits per heavy atom. The zero-order valence-corrected chi connectivity index (χ0v) is 9.37. The Morgan fingerprint density at radius 1 is 1.55 bits per heavy atom. The maximum absolute atomic E-state index is 11.3. The molecule has 1 rings (SSSR count). The first-order valence-corrected chi connectivity index (χ1v) is 6.88. The summed E-state index contributed by atoms with van der Waals surface area (Å²) in [5.41, 5.74) is 0. The Labute approximate surface area is 79.4 Å². The van der Waals surface area contributed by atoms with Crippen LogP contribution in [0.3, 0.4) is 0 Å². The first-order chi connectivity index (χ1) is 5.13. The lowest BCUT2D eigenvalue weighted by molar-refractivity contribution is -0.119. The Morgan fingerprint density at radius 2 is 2.18 bits per heavy atom. The summed E-state index contributed by atoms with van der Waals surface area (Å²) >= 11 is 3.48. The van der Waals surface area contributed by atoms with Crippen LogP contribution in [0.15, 0.2) is 0 Å². The third kappa shape index (κ3) is 2.22. The summed E-state index contributed by atoms with van der Waals surface area (Å²) < 4.78 is 0. The van der Waals surface area contributed by atoms with Gasteiger partial charge in [0, 0.05) is 6.42 Å². The SMILES string of the molecule is C[S+](C)C1CCCC(=O)C1Br. The predicted molar refractivity (Wildman–Crippen MR) is 54.6 cm³/mol. The average Bonchev–Trinajstić information content (AvgIpc) is 1.94. The molecule has 0 bridgehead atoms. The molecule has 0 saturated heterocycles. The number of alkyl halides is 1. The molecule has 1 saturated carbocycles. The van der Waals surface area contributed by atoms with Crippen molar-refractivity contribution in [3.63, 3.8) is 0 Å². The molecule has 0 heterocycles. The van der Waals surface area contributed by atoms with Gasteiger partial charge < -0.3 is 0 Å². The van der Waals surface area contributed by atoms with Gasteiger partial charge in [0.05, 0.1) is 12.5 Å². The van der Waals surface area contributed by atoms with E-state index in [2.05, 4.69) is 28.4 Å². The summed E-state index contributed by atoms with van der Waals surface area (Å²) in [6.45, 7) is 0. The molecule has 0 aromatic carbocycles. The molecule has 2 unspecified atom stereocenters. The van der Waals surface area contributed by atoms with E-state index in [1.54, 1.807) is 0 Å². The lowest BCUT2D eigenvalue weighted by Crippen LogP contribution is -2.38. The van der Waals surface area contributed by atoms with Crippen LogP contribution in [0, 0.1) is 0 Å². The van der Waals surface area contributed by atoms with Gasteiger partial charge in [-0.05, 0) is 23.7 Å². The molecule has 0 amide bonds. The molecule has 64 valence electrons. The smallest absolute Gasteiger partial charge is 0.151 e. The topological polar surface area (TPSA) is 17.1 Å². The Balaban J connectivity index is 2.58. The van der Waals surface area contributed by atoms with Gasteiger partial charge in [-0.1, -0.05) is 15.9 Å². The summed E-state index contributed by atoms with van der Waals surface area (Å²) in [5, 5.41) is 0.594. The van der Waals surface area contributed by atoms with Crippen LogP contribution in [0.2, 0.25) is 0 Å². The molecule has 11 heavy (non-hydrogen) atoms. The van der Waals surface area contributed by atoms with Crippen molar-refractivity contribution in [1.29, 1.82) is 0 Å². The first-order valence-electron chi connectivity index (χ1n) is 3.86. The minimum absolute atomic E-state index is 0.148. The zero-order valence-electron chi connectivity index (χ0n) is 6.97. The van der Waals surface area contributed by atoms with E-state index in [1.807, 2.05) is 0 Å². The maximum Gasteiger partial charge on any atom is 0.151 e. The van der Waals surface area contributed by atoms with Gasteiger partial charge in [-0.2, -0.15) is 0 Å². The minimum Gasteiger partial charge on any atom is -0.298 e. The number of halogens is 1. The first kappa shape index (κ1) is 9.59. The molecule has 2 atom stereocenters. The van der Waals surface area contributed by atoms with Gasteiger partial charge in [0.25, 0.3) is 0 Å². The molecular formula is C8H14BrOS+. The molecule has 0 aromatic rings. The fourth-order valence-electron chi connectivity index (χ4n) is 1.44. The Kier molecular flexibility index (Phi) is 3.44. The molecule has 1 aliphatic rings. The summed E-state index contributed by atoms with van der Waals surface area (Å²) in [6.07, 6.45) is 7.53. The summed E-state index contributed by atoms with van der Waals surface area (Å²) in [6, 6.07) is 0. The number of hydrogen-bond acceptors (Lipinski definition) is 1. The third-order valence-corrected chi connectivity index (χ3v) is 5.37. The number of ketones is 1. The normalized spacial score (nSPS) is 32.9. The quantitative estimate of drug-likeness (QED) is 0.502. The van der Waals surface area contributed by atoms with Crippen LogP contribution in [0.5, 0.6) is 0 Å². The van der Waals surface area contributed by atoms with E-state index in [0.29, 0.717) is 21.9 Å². The number of Topliss-reactive ketones (excluding diaryl/α,β-unsaturated/α-hetero) is 1. The van der Waals surface area contributed by atoms with E-state index in [1.165, 1.54) is 6.42 Å². The van der Waals surface area contributed by atoms with Crippen molar-refractivity contribution in [2.75, 3.05) is 12.5 Å². The van der Waals surface area contributed by atoms with Gasteiger partial charge in [-0.3, -0.25) is 4.79 Å². The van der Waals surface area contributed by atoms with Crippen molar-refractivity contribution in [1.82, 2.24) is 0 Å². The van der Waals surface area contributed by atoms with E-state index >= 15 is 0 Å². The second kappa shape index (κ2) is 3.94. The van der Waals surface area contributed by atoms with Gasteiger partial charge in [0.15, 0.2) is 5.78 Å². The highest BCUT2D eigenvalue weighted by Crippen LogP contribution is 2.26. The third-order valence-electron chi connectivity index (χ3n) is 2.15. The molecule has 0 spiro atoms. The van der Waals surface area contributed by atoms with Crippen LogP contribution in [0.25, 0.3) is 0 Å². The molecule has 0 aliphatic heterocycles. The second-order valence-corrected chi connectivity index (χ2v) is 6.53. The van der Waals surface area contributed by atoms with Crippen LogP contribution in [-0.4, -0.2) is 28.4 Å². The van der Waals surface area contributed by atoms with Crippen molar-refractivity contribution in [3.8, 4) is 0 Å². The Hall–Kier alpha value is 0.500. The summed E-state index contributed by atoms with van der Waals surface area (Å²) in [5.74, 6) is 0.405. The van der Waals surface area contributed by atoms with Gasteiger partial charge in [-0.25, -0.2) is 0 Å². The standard InChI is InChI=1S/C8H14BrOS/c1-11(2)7-5-3-4-6(10)8(7)9/h7-8H,3-5H2,1-2H3/q+1. The van der Waals surface area contributed by atoms with E-state index in [4.69, 9.17) is 0 Å². The van der Waals surface area contributed by atoms with Crippen molar-refractivity contribution in [3.05, 3.63) is 0 Å². The van der Waals surface area contributed by atoms with E-state index in [9.17, 15) is 4.79 Å². The molecule has 0 radical (unpaired) electrons. The fraction of sp³-hybridized carbons (Fsp3) is 0.875. The van der Waals surface area contributed by atoms with Crippen molar-refractivity contribution in [2.24, 2.45) is 0 Å². The number of hydrogen-bond donors (Lipinski definition) is 0. The fourth-order valence-corrected chi connectivity index (χ4v) is 4.50. The van der Waals surface area contributed by atoms with Gasteiger partial charge in [0.2, 0.25) is 0 Å². The highest BCUT2D eigenvalue weighted by molar-refractivity contribution is 9.10. The van der Waals surface area contributed by atoms with Crippen LogP contribution in [-0.2, 0) is 15.7 Å². The molecule has 1 nitrogen and oxygen atoms in total. The lowest BCUT2D eigenvalue weighted by Gasteiger charge is -2.22. The highest BCUT2D eigenvalue weighted by atomic mass is 79.9. The number of carbonyl (C=O) groups excluding carboxylic acids is 1. The van der Waals surface area contributed by atoms with Crippen LogP contribution in [0.1, 0.15) is 19.3 Å². The summed E-state index contributed by atoms with van der Waals surface area (Å²) in [4.78, 5) is 11.4. The molecule has 0 N–H and O–H groups in total. The van der Waals surface area contributed by atoms with E-state index in [0.717, 1.165) is 12.8 Å². The van der Waals surface area contributed by atoms with Gasteiger partial charge >= 0.3 is 0 Å². The maximum atomic E-state index is 11.3. The average molecular weight is 238 g/mol. The van der Waals surface area contributed by atoms with Crippen LogP contribution < -0.4 is 0 Å². The Bertz CT molecular complexity index is 158. The highest BCUT2D eigenvalue weighted by Gasteiger charge is 2.37. The van der Waals surface area contributed by atoms with E-state index in [-0.39, 0.29) is 4.83 Å². The molecule has 3 heteroatoms. The number of rotatable bonds is 1.